The molecule has 0 aliphatic carbocycles. The van der Waals surface area contributed by atoms with Gasteiger partial charge in [0.15, 0.2) is 0 Å². The highest BCUT2D eigenvalue weighted by molar-refractivity contribution is 6.03. The van der Waals surface area contributed by atoms with E-state index in [4.69, 9.17) is 9.47 Å². The molecule has 5 nitrogen and oxygen atoms in total. The van der Waals surface area contributed by atoms with E-state index in [1.807, 2.05) is 0 Å². The highest BCUT2D eigenvalue weighted by Gasteiger charge is 2.10. The second-order valence-electron chi connectivity index (χ2n) is 3.90. The predicted molar refractivity (Wildman–Crippen MR) is 71.7 cm³/mol. The molecule has 1 N–H and O–H groups in total. The van der Waals surface area contributed by atoms with Crippen LogP contribution in [-0.2, 0) is 0 Å². The van der Waals surface area contributed by atoms with Crippen LogP contribution in [0.4, 0.5) is 10.1 Å². The van der Waals surface area contributed by atoms with E-state index in [0.29, 0.717) is 17.2 Å². The Morgan fingerprint density at radius 2 is 1.80 bits per heavy atom. The first kappa shape index (κ1) is 13.8. The molecule has 20 heavy (non-hydrogen) atoms. The number of carbonyl (C=O) groups is 1. The van der Waals surface area contributed by atoms with Crippen molar-refractivity contribution in [3.8, 4) is 11.5 Å². The molecule has 2 aromatic rings. The molecule has 0 radical (unpaired) electrons. The first-order valence-corrected chi connectivity index (χ1v) is 5.79. The quantitative estimate of drug-likeness (QED) is 0.871. The van der Waals surface area contributed by atoms with Gasteiger partial charge in [-0.1, -0.05) is 6.07 Å². The summed E-state index contributed by atoms with van der Waals surface area (Å²) in [5, 5.41) is 2.61. The third-order valence-electron chi connectivity index (χ3n) is 2.56. The van der Waals surface area contributed by atoms with E-state index in [1.54, 1.807) is 18.2 Å². The number of benzene rings is 1. The Labute approximate surface area is 115 Å². The lowest BCUT2D eigenvalue weighted by Gasteiger charge is -2.09. The minimum absolute atomic E-state index is 0.00760. The van der Waals surface area contributed by atoms with Crippen molar-refractivity contribution < 1.29 is 18.7 Å². The van der Waals surface area contributed by atoms with Gasteiger partial charge < -0.3 is 14.8 Å². The van der Waals surface area contributed by atoms with Gasteiger partial charge in [0.2, 0.25) is 5.95 Å². The molecule has 0 aliphatic rings. The van der Waals surface area contributed by atoms with Crippen molar-refractivity contribution in [1.82, 2.24) is 4.98 Å². The molecular weight excluding hydrogens is 263 g/mol. The molecule has 1 heterocycles. The summed E-state index contributed by atoms with van der Waals surface area (Å²) in [5.41, 5.74) is 0.462. The Hall–Kier alpha value is -2.63. The van der Waals surface area contributed by atoms with Crippen LogP contribution in [0.2, 0.25) is 0 Å². The van der Waals surface area contributed by atoms with E-state index in [2.05, 4.69) is 10.3 Å². The summed E-state index contributed by atoms with van der Waals surface area (Å²) < 4.78 is 23.2. The van der Waals surface area contributed by atoms with Crippen molar-refractivity contribution in [3.63, 3.8) is 0 Å². The molecule has 104 valence electrons. The molecule has 1 aromatic carbocycles. The van der Waals surface area contributed by atoms with Gasteiger partial charge in [-0.3, -0.25) is 4.79 Å². The molecule has 0 fully saturated rings. The zero-order chi connectivity index (χ0) is 14.5. The lowest BCUT2D eigenvalue weighted by Crippen LogP contribution is -2.14. The van der Waals surface area contributed by atoms with Crippen molar-refractivity contribution >= 4 is 11.6 Å². The van der Waals surface area contributed by atoms with Crippen molar-refractivity contribution in [2.24, 2.45) is 0 Å². The van der Waals surface area contributed by atoms with Gasteiger partial charge in [0, 0.05) is 23.9 Å². The number of halogens is 1. The second kappa shape index (κ2) is 6.01. The number of anilines is 1. The fourth-order valence-electron chi connectivity index (χ4n) is 1.61. The number of hydrogen-bond acceptors (Lipinski definition) is 4. The smallest absolute Gasteiger partial charge is 0.274 e. The summed E-state index contributed by atoms with van der Waals surface area (Å²) in [5.74, 6) is -0.153. The normalized spacial score (nSPS) is 9.95. The Morgan fingerprint density at radius 1 is 1.15 bits per heavy atom. The number of nitrogens with one attached hydrogen (secondary N) is 1. The standard InChI is InChI=1S/C14H13FN2O3/c1-19-10-6-9(7-11(8-10)20-2)16-14(18)12-4-3-5-13(15)17-12/h3-8H,1-2H3,(H,16,18). The molecule has 0 unspecified atom stereocenters. The van der Waals surface area contributed by atoms with Crippen LogP contribution in [-0.4, -0.2) is 25.1 Å². The number of hydrogen-bond donors (Lipinski definition) is 1. The van der Waals surface area contributed by atoms with Gasteiger partial charge in [-0.15, -0.1) is 0 Å². The van der Waals surface area contributed by atoms with E-state index >= 15 is 0 Å². The maximum atomic E-state index is 13.0. The Morgan fingerprint density at radius 3 is 2.35 bits per heavy atom. The number of amides is 1. The van der Waals surface area contributed by atoms with Crippen LogP contribution in [0.25, 0.3) is 0 Å². The average molecular weight is 276 g/mol. The van der Waals surface area contributed by atoms with Gasteiger partial charge in [0.25, 0.3) is 5.91 Å². The minimum Gasteiger partial charge on any atom is -0.497 e. The van der Waals surface area contributed by atoms with Gasteiger partial charge in [-0.05, 0) is 12.1 Å². The largest absolute Gasteiger partial charge is 0.497 e. The monoisotopic (exact) mass is 276 g/mol. The fourth-order valence-corrected chi connectivity index (χ4v) is 1.61. The van der Waals surface area contributed by atoms with E-state index in [0.717, 1.165) is 0 Å². The van der Waals surface area contributed by atoms with Crippen LogP contribution in [0.15, 0.2) is 36.4 Å². The van der Waals surface area contributed by atoms with Crippen molar-refractivity contribution in [3.05, 3.63) is 48.0 Å². The van der Waals surface area contributed by atoms with Crippen LogP contribution >= 0.6 is 0 Å². The van der Waals surface area contributed by atoms with Gasteiger partial charge in [0.05, 0.1) is 14.2 Å². The number of aromatic nitrogens is 1. The molecule has 2 rings (SSSR count). The zero-order valence-electron chi connectivity index (χ0n) is 11.0. The zero-order valence-corrected chi connectivity index (χ0v) is 11.0. The number of nitrogens with zero attached hydrogens (tertiary/aromatic N) is 1. The average Bonchev–Trinajstić information content (AvgIpc) is 2.46. The van der Waals surface area contributed by atoms with Gasteiger partial charge in [0.1, 0.15) is 17.2 Å². The Kier molecular flexibility index (Phi) is 4.14. The molecular formula is C14H13FN2O3. The van der Waals surface area contributed by atoms with E-state index in [1.165, 1.54) is 32.4 Å². The first-order chi connectivity index (χ1) is 9.62. The molecule has 0 saturated heterocycles. The molecule has 6 heteroatoms. The van der Waals surface area contributed by atoms with E-state index in [-0.39, 0.29) is 5.69 Å². The molecule has 0 aliphatic heterocycles. The maximum Gasteiger partial charge on any atom is 0.274 e. The number of rotatable bonds is 4. The molecule has 0 spiro atoms. The van der Waals surface area contributed by atoms with Gasteiger partial charge >= 0.3 is 0 Å². The Bertz CT molecular complexity index is 609. The van der Waals surface area contributed by atoms with E-state index < -0.39 is 11.9 Å². The Balaban J connectivity index is 2.23. The summed E-state index contributed by atoms with van der Waals surface area (Å²) in [7, 11) is 3.02. The highest BCUT2D eigenvalue weighted by atomic mass is 19.1. The van der Waals surface area contributed by atoms with Crippen molar-refractivity contribution in [2.75, 3.05) is 19.5 Å². The van der Waals surface area contributed by atoms with Gasteiger partial charge in [-0.2, -0.15) is 4.39 Å². The fraction of sp³-hybridized carbons (Fsp3) is 0.143. The van der Waals surface area contributed by atoms with Crippen LogP contribution in [0.3, 0.4) is 0 Å². The topological polar surface area (TPSA) is 60.5 Å². The maximum absolute atomic E-state index is 13.0. The summed E-state index contributed by atoms with van der Waals surface area (Å²) in [4.78, 5) is 15.5. The van der Waals surface area contributed by atoms with Crippen LogP contribution < -0.4 is 14.8 Å². The third-order valence-corrected chi connectivity index (χ3v) is 2.56. The van der Waals surface area contributed by atoms with Crippen molar-refractivity contribution in [1.29, 1.82) is 0 Å². The number of methoxy groups -OCH3 is 2. The number of ether oxygens (including phenoxy) is 2. The SMILES string of the molecule is COc1cc(NC(=O)c2cccc(F)n2)cc(OC)c1. The highest BCUT2D eigenvalue weighted by Crippen LogP contribution is 2.25. The first-order valence-electron chi connectivity index (χ1n) is 5.79. The minimum atomic E-state index is -0.708. The predicted octanol–water partition coefficient (Wildman–Crippen LogP) is 2.49. The molecule has 0 atom stereocenters. The third kappa shape index (κ3) is 3.23. The van der Waals surface area contributed by atoms with E-state index in [9.17, 15) is 9.18 Å². The van der Waals surface area contributed by atoms with Crippen LogP contribution in [0.5, 0.6) is 11.5 Å². The van der Waals surface area contributed by atoms with Crippen LogP contribution in [0.1, 0.15) is 10.5 Å². The van der Waals surface area contributed by atoms with Crippen molar-refractivity contribution in [2.45, 2.75) is 0 Å². The number of pyridine rings is 1. The molecule has 1 amide bonds. The number of carbonyl (C=O) groups excluding carboxylic acids is 1. The van der Waals surface area contributed by atoms with Crippen LogP contribution in [0, 0.1) is 5.95 Å². The molecule has 1 aromatic heterocycles. The lowest BCUT2D eigenvalue weighted by molar-refractivity contribution is 0.102. The summed E-state index contributed by atoms with van der Waals surface area (Å²) in [6, 6.07) is 8.94. The second-order valence-corrected chi connectivity index (χ2v) is 3.90. The molecule has 0 saturated carbocycles. The molecule has 0 bridgehead atoms. The lowest BCUT2D eigenvalue weighted by atomic mass is 10.2. The summed E-state index contributed by atoms with van der Waals surface area (Å²) >= 11 is 0. The summed E-state index contributed by atoms with van der Waals surface area (Å²) in [6.45, 7) is 0. The summed E-state index contributed by atoms with van der Waals surface area (Å²) in [6.07, 6.45) is 0. The van der Waals surface area contributed by atoms with Gasteiger partial charge in [-0.25, -0.2) is 4.98 Å².